The van der Waals surface area contributed by atoms with Gasteiger partial charge >= 0.3 is 12.1 Å². The van der Waals surface area contributed by atoms with Crippen LogP contribution in [-0.4, -0.2) is 41.6 Å². The average Bonchev–Trinajstić information content (AvgIpc) is 2.60. The van der Waals surface area contributed by atoms with Crippen molar-refractivity contribution >= 4 is 22.0 Å². The van der Waals surface area contributed by atoms with E-state index in [1.807, 2.05) is 4.72 Å². The molecule has 0 aliphatic heterocycles. The van der Waals surface area contributed by atoms with Crippen LogP contribution in [0.2, 0.25) is 0 Å². The van der Waals surface area contributed by atoms with Crippen molar-refractivity contribution in [2.45, 2.75) is 31.3 Å². The van der Waals surface area contributed by atoms with E-state index >= 15 is 0 Å². The third kappa shape index (κ3) is 5.64. The number of ether oxygens (including phenoxy) is 1. The molecule has 2 aromatic rings. The Morgan fingerprint density at radius 3 is 2.61 bits per heavy atom. The van der Waals surface area contributed by atoms with E-state index in [1.165, 1.54) is 30.5 Å². The molecule has 11 heteroatoms. The first-order valence-electron chi connectivity index (χ1n) is 8.23. The largest absolute Gasteiger partial charge is 0.479 e. The van der Waals surface area contributed by atoms with Gasteiger partial charge in [-0.15, -0.1) is 0 Å². The molecule has 1 unspecified atom stereocenters. The van der Waals surface area contributed by atoms with Crippen molar-refractivity contribution in [3.63, 3.8) is 0 Å². The fourth-order valence-electron chi connectivity index (χ4n) is 2.37. The second kappa shape index (κ2) is 8.65. The summed E-state index contributed by atoms with van der Waals surface area (Å²) >= 11 is 0. The molecule has 0 radical (unpaired) electrons. The highest BCUT2D eigenvalue weighted by molar-refractivity contribution is 7.90. The smallest absolute Gasteiger partial charge is 0.405 e. The van der Waals surface area contributed by atoms with Gasteiger partial charge in [0, 0.05) is 11.8 Å². The molecular weight excluding hydrogens is 388 g/mol. The Bertz CT molecular complexity index is 977. The van der Waals surface area contributed by atoms with E-state index in [-0.39, 0.29) is 17.2 Å². The zero-order valence-electron chi connectivity index (χ0n) is 15.2. The number of primary amides is 1. The van der Waals surface area contributed by atoms with E-state index in [9.17, 15) is 23.1 Å². The maximum Gasteiger partial charge on any atom is 0.405 e. The van der Waals surface area contributed by atoms with Gasteiger partial charge in [0.1, 0.15) is 0 Å². The van der Waals surface area contributed by atoms with Gasteiger partial charge < -0.3 is 15.6 Å². The summed E-state index contributed by atoms with van der Waals surface area (Å²) < 4.78 is 31.8. The number of nitrogens with two attached hydrogens (primary N) is 1. The minimum Gasteiger partial charge on any atom is -0.479 e. The Morgan fingerprint density at radius 1 is 1.29 bits per heavy atom. The molecule has 1 atom stereocenters. The molecule has 4 N–H and O–H groups in total. The van der Waals surface area contributed by atoms with Crippen molar-refractivity contribution in [2.75, 3.05) is 0 Å². The lowest BCUT2D eigenvalue weighted by Gasteiger charge is -2.18. The standard InChI is InChI=1S/C17H20N4O6S/c1-10(2)8-14(27-16(18)23)15(22)21-28(25,26)12-5-3-4-11(9-12)13-6-7-19-17(24)20-13/h3-7,9-10,14H,8H2,1-2H3,(H2,18,23)(H,21,22)(H,19,20,24). The summed E-state index contributed by atoms with van der Waals surface area (Å²) in [5, 5.41) is 9.38. The van der Waals surface area contributed by atoms with Crippen molar-refractivity contribution in [1.29, 1.82) is 0 Å². The third-order valence-electron chi connectivity index (χ3n) is 3.55. The first-order valence-corrected chi connectivity index (χ1v) is 9.72. The lowest BCUT2D eigenvalue weighted by molar-refractivity contribution is -0.128. The van der Waals surface area contributed by atoms with Crippen LogP contribution in [0, 0.1) is 5.92 Å². The van der Waals surface area contributed by atoms with Crippen LogP contribution < -0.4 is 10.5 Å². The number of carbonyl (C=O) groups excluding carboxylic acids is 2. The molecule has 28 heavy (non-hydrogen) atoms. The number of nitrogens with zero attached hydrogens (tertiary/aromatic N) is 2. The summed E-state index contributed by atoms with van der Waals surface area (Å²) in [4.78, 5) is 30.5. The monoisotopic (exact) mass is 408 g/mol. The van der Waals surface area contributed by atoms with Crippen LogP contribution in [0.5, 0.6) is 6.01 Å². The molecule has 1 aromatic carbocycles. The van der Waals surface area contributed by atoms with Crippen LogP contribution in [0.1, 0.15) is 20.3 Å². The molecule has 1 heterocycles. The highest BCUT2D eigenvalue weighted by atomic mass is 32.2. The number of sulfonamides is 1. The zero-order valence-corrected chi connectivity index (χ0v) is 16.0. The van der Waals surface area contributed by atoms with Gasteiger partial charge in [-0.05, 0) is 30.5 Å². The average molecular weight is 408 g/mol. The molecule has 1 aromatic heterocycles. The van der Waals surface area contributed by atoms with Crippen LogP contribution in [0.3, 0.4) is 0 Å². The normalized spacial score (nSPS) is 12.4. The molecule has 150 valence electrons. The Balaban J connectivity index is 2.27. The van der Waals surface area contributed by atoms with E-state index in [2.05, 4.69) is 9.97 Å². The number of amides is 2. The number of carbonyl (C=O) groups is 2. The van der Waals surface area contributed by atoms with Crippen molar-refractivity contribution in [3.8, 4) is 17.3 Å². The van der Waals surface area contributed by atoms with E-state index < -0.39 is 34.1 Å². The van der Waals surface area contributed by atoms with E-state index in [1.54, 1.807) is 19.9 Å². The van der Waals surface area contributed by atoms with Crippen molar-refractivity contribution in [1.82, 2.24) is 14.7 Å². The molecule has 0 aliphatic rings. The Morgan fingerprint density at radius 2 is 2.00 bits per heavy atom. The maximum absolute atomic E-state index is 12.6. The van der Waals surface area contributed by atoms with Gasteiger partial charge in [0.25, 0.3) is 15.9 Å². The third-order valence-corrected chi connectivity index (χ3v) is 4.90. The van der Waals surface area contributed by atoms with Crippen LogP contribution >= 0.6 is 0 Å². The minimum absolute atomic E-state index is 0.0495. The first kappa shape index (κ1) is 21.1. The highest BCUT2D eigenvalue weighted by Crippen LogP contribution is 2.22. The Labute approximate surface area is 161 Å². The minimum atomic E-state index is -4.25. The quantitative estimate of drug-likeness (QED) is 0.615. The number of aromatic nitrogens is 2. The number of benzene rings is 1. The first-order chi connectivity index (χ1) is 13.1. The summed E-state index contributed by atoms with van der Waals surface area (Å²) in [7, 11) is -4.25. The van der Waals surface area contributed by atoms with Gasteiger partial charge in [0.05, 0.1) is 10.6 Å². The summed E-state index contributed by atoms with van der Waals surface area (Å²) in [5.41, 5.74) is 5.64. The van der Waals surface area contributed by atoms with Crippen molar-refractivity contribution in [3.05, 3.63) is 36.5 Å². The zero-order chi connectivity index (χ0) is 20.9. The molecule has 2 amide bonds. The predicted molar refractivity (Wildman–Crippen MR) is 98.4 cm³/mol. The molecule has 0 bridgehead atoms. The Hall–Kier alpha value is -3.21. The summed E-state index contributed by atoms with van der Waals surface area (Å²) in [5.74, 6) is -1.05. The maximum atomic E-state index is 12.6. The lowest BCUT2D eigenvalue weighted by atomic mass is 10.1. The SMILES string of the molecule is CC(C)CC(OC(N)=O)C(=O)NS(=O)(=O)c1cccc(-c2ccnc(O)n2)c1. The summed E-state index contributed by atoms with van der Waals surface area (Å²) in [6.07, 6.45) is -1.10. The molecule has 0 saturated heterocycles. The second-order valence-corrected chi connectivity index (χ2v) is 7.98. The van der Waals surface area contributed by atoms with Crippen molar-refractivity contribution < 1.29 is 27.9 Å². The molecular formula is C17H20N4O6S. The van der Waals surface area contributed by atoms with Crippen LogP contribution in [0.25, 0.3) is 11.3 Å². The van der Waals surface area contributed by atoms with Crippen LogP contribution in [0.4, 0.5) is 4.79 Å². The van der Waals surface area contributed by atoms with Crippen LogP contribution in [-0.2, 0) is 19.6 Å². The topological polar surface area (TPSA) is 162 Å². The van der Waals surface area contributed by atoms with Gasteiger partial charge in [-0.25, -0.2) is 22.9 Å². The molecule has 0 aliphatic carbocycles. The molecule has 0 fully saturated rings. The van der Waals surface area contributed by atoms with Gasteiger partial charge in [-0.1, -0.05) is 26.0 Å². The predicted octanol–water partition coefficient (Wildman–Crippen LogP) is 1.16. The number of hydrogen-bond donors (Lipinski definition) is 3. The second-order valence-electron chi connectivity index (χ2n) is 6.29. The van der Waals surface area contributed by atoms with Gasteiger partial charge in [0.2, 0.25) is 0 Å². The van der Waals surface area contributed by atoms with E-state index in [0.29, 0.717) is 11.3 Å². The molecule has 0 saturated carbocycles. The van der Waals surface area contributed by atoms with E-state index in [4.69, 9.17) is 10.5 Å². The van der Waals surface area contributed by atoms with Crippen molar-refractivity contribution in [2.24, 2.45) is 11.7 Å². The highest BCUT2D eigenvalue weighted by Gasteiger charge is 2.28. The van der Waals surface area contributed by atoms with Gasteiger partial charge in [0.15, 0.2) is 6.10 Å². The fourth-order valence-corrected chi connectivity index (χ4v) is 3.42. The lowest BCUT2D eigenvalue weighted by Crippen LogP contribution is -2.42. The summed E-state index contributed by atoms with van der Waals surface area (Å²) in [6.45, 7) is 3.56. The number of nitrogens with one attached hydrogen (secondary N) is 1. The summed E-state index contributed by atoms with van der Waals surface area (Å²) in [6, 6.07) is 6.64. The van der Waals surface area contributed by atoms with Gasteiger partial charge in [-0.3, -0.25) is 4.79 Å². The fraction of sp³-hybridized carbons (Fsp3) is 0.294. The number of aromatic hydroxyl groups is 1. The molecule has 2 rings (SSSR count). The van der Waals surface area contributed by atoms with E-state index in [0.717, 1.165) is 0 Å². The van der Waals surface area contributed by atoms with Crippen LogP contribution in [0.15, 0.2) is 41.4 Å². The molecule has 0 spiro atoms. The van der Waals surface area contributed by atoms with Gasteiger partial charge in [-0.2, -0.15) is 4.98 Å². The number of hydrogen-bond acceptors (Lipinski definition) is 8. The Kier molecular flexibility index (Phi) is 6.52. The molecule has 10 nitrogen and oxygen atoms in total. The number of rotatable bonds is 7.